The van der Waals surface area contributed by atoms with Gasteiger partial charge in [0, 0.05) is 31.8 Å². The van der Waals surface area contributed by atoms with Gasteiger partial charge >= 0.3 is 0 Å². The molecule has 18 heavy (non-hydrogen) atoms. The molecule has 1 aliphatic rings. The lowest BCUT2D eigenvalue weighted by molar-refractivity contribution is 0.394. The highest BCUT2D eigenvalue weighted by molar-refractivity contribution is 5.55. The first-order valence-electron chi connectivity index (χ1n) is 6.34. The lowest BCUT2D eigenvalue weighted by Gasteiger charge is -2.27. The topological polar surface area (TPSA) is 55.1 Å². The van der Waals surface area contributed by atoms with Crippen molar-refractivity contribution in [1.29, 1.82) is 0 Å². The minimum Gasteiger partial charge on any atom is -0.357 e. The molecule has 1 aliphatic heterocycles. The fourth-order valence-electron chi connectivity index (χ4n) is 2.24. The van der Waals surface area contributed by atoms with E-state index < -0.39 is 0 Å². The fourth-order valence-corrected chi connectivity index (χ4v) is 2.24. The van der Waals surface area contributed by atoms with Crippen LogP contribution < -0.4 is 4.90 Å². The van der Waals surface area contributed by atoms with Gasteiger partial charge in [0.05, 0.1) is 0 Å². The Kier molecular flexibility index (Phi) is 2.96. The van der Waals surface area contributed by atoms with Crippen molar-refractivity contribution >= 4 is 5.82 Å². The van der Waals surface area contributed by atoms with Crippen molar-refractivity contribution in [3.05, 3.63) is 24.2 Å². The molecule has 0 aromatic carbocycles. The molecule has 1 fully saturated rings. The highest BCUT2D eigenvalue weighted by Gasteiger charge is 2.12. The van der Waals surface area contributed by atoms with Crippen LogP contribution >= 0.6 is 0 Å². The van der Waals surface area contributed by atoms with Gasteiger partial charge in [0.25, 0.3) is 0 Å². The number of hydrogen-bond donors (Lipinski definition) is 0. The first-order chi connectivity index (χ1) is 8.83. The summed E-state index contributed by atoms with van der Waals surface area (Å²) < 4.78 is 4.97. The fraction of sp³-hybridized carbons (Fsp3) is 0.462. The molecule has 1 saturated heterocycles. The van der Waals surface area contributed by atoms with Crippen LogP contribution in [0.5, 0.6) is 0 Å². The third kappa shape index (κ3) is 2.20. The standard InChI is InChI=1S/C13H16N4O/c1-10-15-13(16-18-10)11-5-6-12(14-9-11)17-7-3-2-4-8-17/h5-6,9H,2-4,7-8H2,1H3. The summed E-state index contributed by atoms with van der Waals surface area (Å²) in [6.07, 6.45) is 5.66. The second kappa shape index (κ2) is 4.76. The molecular weight excluding hydrogens is 228 g/mol. The van der Waals surface area contributed by atoms with Gasteiger partial charge in [-0.05, 0) is 31.4 Å². The number of anilines is 1. The van der Waals surface area contributed by atoms with Crippen molar-refractivity contribution in [2.24, 2.45) is 0 Å². The molecule has 0 radical (unpaired) electrons. The summed E-state index contributed by atoms with van der Waals surface area (Å²) in [5.41, 5.74) is 0.896. The van der Waals surface area contributed by atoms with Crippen molar-refractivity contribution in [3.63, 3.8) is 0 Å². The van der Waals surface area contributed by atoms with Gasteiger partial charge in [-0.25, -0.2) is 4.98 Å². The molecule has 0 amide bonds. The van der Waals surface area contributed by atoms with Crippen LogP contribution in [-0.4, -0.2) is 28.2 Å². The Bertz CT molecular complexity index is 514. The molecule has 0 N–H and O–H groups in total. The van der Waals surface area contributed by atoms with E-state index in [1.54, 1.807) is 6.92 Å². The number of nitrogens with zero attached hydrogens (tertiary/aromatic N) is 4. The number of piperidine rings is 1. The molecule has 2 aromatic rings. The summed E-state index contributed by atoms with van der Waals surface area (Å²) in [4.78, 5) is 11.0. The van der Waals surface area contributed by atoms with Gasteiger partial charge in [0.1, 0.15) is 5.82 Å². The van der Waals surface area contributed by atoms with Crippen LogP contribution in [0.25, 0.3) is 11.4 Å². The van der Waals surface area contributed by atoms with Gasteiger partial charge in [-0.3, -0.25) is 0 Å². The van der Waals surface area contributed by atoms with E-state index in [2.05, 4.69) is 20.0 Å². The number of aromatic nitrogens is 3. The van der Waals surface area contributed by atoms with Crippen LogP contribution in [0.1, 0.15) is 25.2 Å². The van der Waals surface area contributed by atoms with E-state index >= 15 is 0 Å². The van der Waals surface area contributed by atoms with Crippen LogP contribution in [0.2, 0.25) is 0 Å². The monoisotopic (exact) mass is 244 g/mol. The van der Waals surface area contributed by atoms with E-state index in [0.717, 1.165) is 24.5 Å². The summed E-state index contributed by atoms with van der Waals surface area (Å²) in [6, 6.07) is 4.04. The Morgan fingerprint density at radius 2 is 2.00 bits per heavy atom. The van der Waals surface area contributed by atoms with E-state index in [0.29, 0.717) is 11.7 Å². The Labute approximate surface area is 106 Å². The van der Waals surface area contributed by atoms with Gasteiger partial charge < -0.3 is 9.42 Å². The summed E-state index contributed by atoms with van der Waals surface area (Å²) in [5.74, 6) is 2.22. The maximum Gasteiger partial charge on any atom is 0.223 e. The van der Waals surface area contributed by atoms with Crippen LogP contribution in [0.15, 0.2) is 22.9 Å². The number of aryl methyl sites for hydroxylation is 1. The van der Waals surface area contributed by atoms with Crippen LogP contribution in [0.4, 0.5) is 5.82 Å². The molecule has 3 rings (SSSR count). The zero-order chi connectivity index (χ0) is 12.4. The van der Waals surface area contributed by atoms with Crippen LogP contribution in [-0.2, 0) is 0 Å². The SMILES string of the molecule is Cc1nc(-c2ccc(N3CCCCC3)nc2)no1. The Hall–Kier alpha value is -1.91. The molecule has 3 heterocycles. The third-order valence-electron chi connectivity index (χ3n) is 3.21. The van der Waals surface area contributed by atoms with E-state index in [4.69, 9.17) is 4.52 Å². The highest BCUT2D eigenvalue weighted by Crippen LogP contribution is 2.20. The Morgan fingerprint density at radius 3 is 2.61 bits per heavy atom. The normalized spacial score (nSPS) is 15.9. The van der Waals surface area contributed by atoms with E-state index in [1.807, 2.05) is 18.3 Å². The van der Waals surface area contributed by atoms with Gasteiger partial charge in [-0.2, -0.15) is 4.98 Å². The Balaban J connectivity index is 1.80. The smallest absolute Gasteiger partial charge is 0.223 e. The van der Waals surface area contributed by atoms with Crippen LogP contribution in [0.3, 0.4) is 0 Å². The van der Waals surface area contributed by atoms with Crippen molar-refractivity contribution in [2.75, 3.05) is 18.0 Å². The van der Waals surface area contributed by atoms with Crippen molar-refractivity contribution < 1.29 is 4.52 Å². The van der Waals surface area contributed by atoms with E-state index in [-0.39, 0.29) is 0 Å². The molecule has 5 nitrogen and oxygen atoms in total. The second-order valence-electron chi connectivity index (χ2n) is 4.59. The predicted molar refractivity (Wildman–Crippen MR) is 68.3 cm³/mol. The maximum absolute atomic E-state index is 4.97. The van der Waals surface area contributed by atoms with Gasteiger partial charge in [0.15, 0.2) is 0 Å². The molecule has 94 valence electrons. The minimum absolute atomic E-state index is 0.574. The van der Waals surface area contributed by atoms with Crippen LogP contribution in [0, 0.1) is 6.92 Å². The average molecular weight is 244 g/mol. The quantitative estimate of drug-likeness (QED) is 0.812. The molecule has 0 atom stereocenters. The first kappa shape index (κ1) is 11.2. The van der Waals surface area contributed by atoms with E-state index in [9.17, 15) is 0 Å². The summed E-state index contributed by atoms with van der Waals surface area (Å²) in [7, 11) is 0. The lowest BCUT2D eigenvalue weighted by Crippen LogP contribution is -2.29. The molecule has 0 unspecified atom stereocenters. The molecule has 0 aliphatic carbocycles. The minimum atomic E-state index is 0.574. The van der Waals surface area contributed by atoms with E-state index in [1.165, 1.54) is 19.3 Å². The van der Waals surface area contributed by atoms with Gasteiger partial charge in [0.2, 0.25) is 11.7 Å². The number of pyridine rings is 1. The number of rotatable bonds is 2. The lowest BCUT2D eigenvalue weighted by atomic mass is 10.1. The van der Waals surface area contributed by atoms with Crippen molar-refractivity contribution in [2.45, 2.75) is 26.2 Å². The maximum atomic E-state index is 4.97. The van der Waals surface area contributed by atoms with Gasteiger partial charge in [-0.1, -0.05) is 5.16 Å². The zero-order valence-corrected chi connectivity index (χ0v) is 10.5. The average Bonchev–Trinajstić information content (AvgIpc) is 2.87. The summed E-state index contributed by atoms with van der Waals surface area (Å²) in [5, 5.41) is 3.89. The Morgan fingerprint density at radius 1 is 1.17 bits per heavy atom. The summed E-state index contributed by atoms with van der Waals surface area (Å²) >= 11 is 0. The molecule has 2 aromatic heterocycles. The highest BCUT2D eigenvalue weighted by atomic mass is 16.5. The molecular formula is C13H16N4O. The first-order valence-corrected chi connectivity index (χ1v) is 6.34. The molecule has 0 saturated carbocycles. The molecule has 5 heteroatoms. The molecule has 0 spiro atoms. The number of hydrogen-bond acceptors (Lipinski definition) is 5. The zero-order valence-electron chi connectivity index (χ0n) is 10.5. The summed E-state index contributed by atoms with van der Waals surface area (Å²) in [6.45, 7) is 3.99. The van der Waals surface area contributed by atoms with Crippen molar-refractivity contribution in [3.8, 4) is 11.4 Å². The predicted octanol–water partition coefficient (Wildman–Crippen LogP) is 2.43. The molecule has 0 bridgehead atoms. The largest absolute Gasteiger partial charge is 0.357 e. The van der Waals surface area contributed by atoms with Gasteiger partial charge in [-0.15, -0.1) is 0 Å². The third-order valence-corrected chi connectivity index (χ3v) is 3.21. The van der Waals surface area contributed by atoms with Crippen molar-refractivity contribution in [1.82, 2.24) is 15.1 Å². The second-order valence-corrected chi connectivity index (χ2v) is 4.59.